The van der Waals surface area contributed by atoms with Gasteiger partial charge < -0.3 is 4.74 Å². The van der Waals surface area contributed by atoms with Gasteiger partial charge in [-0.15, -0.1) is 0 Å². The highest BCUT2D eigenvalue weighted by molar-refractivity contribution is 5.87. The molecule has 0 radical (unpaired) electrons. The lowest BCUT2D eigenvalue weighted by molar-refractivity contribution is 0.0593. The molecular formula is C13H12N2O2. The molecule has 1 heterocycles. The number of carbonyl (C=O) groups excluding carboxylic acids is 1. The third kappa shape index (κ3) is 2.47. The lowest BCUT2D eigenvalue weighted by Crippen LogP contribution is -2.05. The van der Waals surface area contributed by atoms with Crippen LogP contribution in [-0.4, -0.2) is 23.0 Å². The lowest BCUT2D eigenvalue weighted by Gasteiger charge is -2.03. The molecule has 1 aromatic heterocycles. The summed E-state index contributed by atoms with van der Waals surface area (Å²) in [5.41, 5.74) is 2.94. The predicted molar refractivity (Wildman–Crippen MR) is 63.5 cm³/mol. The van der Waals surface area contributed by atoms with E-state index in [-0.39, 0.29) is 5.69 Å². The maximum Gasteiger partial charge on any atom is 0.358 e. The molecule has 0 amide bonds. The molecule has 2 rings (SSSR count). The summed E-state index contributed by atoms with van der Waals surface area (Å²) in [5.74, 6) is -0.480. The number of carbonyl (C=O) groups is 1. The van der Waals surface area contributed by atoms with Crippen LogP contribution in [0, 0.1) is 6.92 Å². The molecule has 0 atom stereocenters. The molecule has 0 saturated carbocycles. The van der Waals surface area contributed by atoms with Gasteiger partial charge in [0, 0.05) is 5.56 Å². The minimum absolute atomic E-state index is 0.214. The fourth-order valence-corrected chi connectivity index (χ4v) is 1.51. The third-order valence-corrected chi connectivity index (χ3v) is 2.34. The molecule has 0 aliphatic rings. The van der Waals surface area contributed by atoms with E-state index in [2.05, 4.69) is 14.7 Å². The molecule has 0 saturated heterocycles. The van der Waals surface area contributed by atoms with Crippen molar-refractivity contribution in [2.45, 2.75) is 6.92 Å². The van der Waals surface area contributed by atoms with Crippen molar-refractivity contribution in [1.82, 2.24) is 9.97 Å². The van der Waals surface area contributed by atoms with Crippen LogP contribution in [0.25, 0.3) is 11.3 Å². The van der Waals surface area contributed by atoms with Crippen LogP contribution in [0.3, 0.4) is 0 Å². The summed E-state index contributed by atoms with van der Waals surface area (Å²) >= 11 is 0. The third-order valence-electron chi connectivity index (χ3n) is 2.34. The Morgan fingerprint density at radius 2 is 2.12 bits per heavy atom. The minimum atomic E-state index is -0.480. The van der Waals surface area contributed by atoms with Crippen molar-refractivity contribution in [2.24, 2.45) is 0 Å². The Morgan fingerprint density at radius 3 is 2.82 bits per heavy atom. The molecule has 86 valence electrons. The number of ether oxygens (including phenoxy) is 1. The summed E-state index contributed by atoms with van der Waals surface area (Å²) in [5, 5.41) is 0. The first-order valence-corrected chi connectivity index (χ1v) is 5.18. The number of hydrogen-bond acceptors (Lipinski definition) is 4. The molecule has 0 aliphatic heterocycles. The van der Waals surface area contributed by atoms with Crippen LogP contribution in [-0.2, 0) is 4.74 Å². The second kappa shape index (κ2) is 4.74. The molecule has 0 spiro atoms. The van der Waals surface area contributed by atoms with Crippen molar-refractivity contribution in [3.63, 3.8) is 0 Å². The maximum atomic E-state index is 11.3. The number of esters is 1. The van der Waals surface area contributed by atoms with Crippen LogP contribution >= 0.6 is 0 Å². The fourth-order valence-electron chi connectivity index (χ4n) is 1.51. The standard InChI is InChI=1S/C13H12N2O2/c1-9-4-3-5-10(6-9)11-7-14-8-12(15-11)13(16)17-2/h3-8H,1-2H3. The summed E-state index contributed by atoms with van der Waals surface area (Å²) in [6.45, 7) is 2.00. The number of aromatic nitrogens is 2. The lowest BCUT2D eigenvalue weighted by atomic mass is 10.1. The minimum Gasteiger partial charge on any atom is -0.464 e. The highest BCUT2D eigenvalue weighted by Crippen LogP contribution is 2.17. The highest BCUT2D eigenvalue weighted by atomic mass is 16.5. The first-order valence-electron chi connectivity index (χ1n) is 5.18. The van der Waals surface area contributed by atoms with E-state index >= 15 is 0 Å². The van der Waals surface area contributed by atoms with Crippen molar-refractivity contribution in [3.05, 3.63) is 47.9 Å². The number of nitrogens with zero attached hydrogens (tertiary/aromatic N) is 2. The topological polar surface area (TPSA) is 52.1 Å². The second-order valence-electron chi connectivity index (χ2n) is 3.65. The van der Waals surface area contributed by atoms with E-state index in [1.54, 1.807) is 6.20 Å². The zero-order valence-corrected chi connectivity index (χ0v) is 9.68. The Hall–Kier alpha value is -2.23. The van der Waals surface area contributed by atoms with Crippen LogP contribution in [0.5, 0.6) is 0 Å². The van der Waals surface area contributed by atoms with Gasteiger partial charge in [-0.05, 0) is 13.0 Å². The van der Waals surface area contributed by atoms with Crippen molar-refractivity contribution in [3.8, 4) is 11.3 Å². The molecule has 2 aromatic rings. The summed E-state index contributed by atoms with van der Waals surface area (Å²) in [6.07, 6.45) is 3.02. The van der Waals surface area contributed by atoms with Crippen molar-refractivity contribution < 1.29 is 9.53 Å². The quantitative estimate of drug-likeness (QED) is 0.740. The highest BCUT2D eigenvalue weighted by Gasteiger charge is 2.09. The average molecular weight is 228 g/mol. The van der Waals surface area contributed by atoms with Gasteiger partial charge in [0.1, 0.15) is 0 Å². The van der Waals surface area contributed by atoms with Gasteiger partial charge in [-0.25, -0.2) is 9.78 Å². The largest absolute Gasteiger partial charge is 0.464 e. The first kappa shape index (κ1) is 11.3. The van der Waals surface area contributed by atoms with Crippen molar-refractivity contribution in [2.75, 3.05) is 7.11 Å². The van der Waals surface area contributed by atoms with Crippen LogP contribution < -0.4 is 0 Å². The van der Waals surface area contributed by atoms with Crippen molar-refractivity contribution >= 4 is 5.97 Å². The number of methoxy groups -OCH3 is 1. The molecular weight excluding hydrogens is 216 g/mol. The molecule has 0 aliphatic carbocycles. The van der Waals surface area contributed by atoms with Gasteiger partial charge in [-0.3, -0.25) is 4.98 Å². The van der Waals surface area contributed by atoms with Crippen LogP contribution in [0.4, 0.5) is 0 Å². The van der Waals surface area contributed by atoms with Crippen LogP contribution in [0.2, 0.25) is 0 Å². The smallest absolute Gasteiger partial charge is 0.358 e. The Kier molecular flexibility index (Phi) is 3.14. The zero-order valence-electron chi connectivity index (χ0n) is 9.68. The molecule has 4 nitrogen and oxygen atoms in total. The van der Waals surface area contributed by atoms with Crippen LogP contribution in [0.15, 0.2) is 36.7 Å². The molecule has 0 fully saturated rings. The monoisotopic (exact) mass is 228 g/mol. The normalized spacial score (nSPS) is 10.0. The van der Waals surface area contributed by atoms with Gasteiger partial charge in [-0.2, -0.15) is 0 Å². The van der Waals surface area contributed by atoms with E-state index in [4.69, 9.17) is 0 Å². The Labute approximate surface area is 99.3 Å². The van der Waals surface area contributed by atoms with E-state index in [0.717, 1.165) is 11.1 Å². The second-order valence-corrected chi connectivity index (χ2v) is 3.65. The predicted octanol–water partition coefficient (Wildman–Crippen LogP) is 2.24. The average Bonchev–Trinajstić information content (AvgIpc) is 2.38. The molecule has 4 heteroatoms. The van der Waals surface area contributed by atoms with E-state index < -0.39 is 5.97 Å². The summed E-state index contributed by atoms with van der Waals surface area (Å²) in [7, 11) is 1.32. The van der Waals surface area contributed by atoms with Gasteiger partial charge in [0.25, 0.3) is 0 Å². The SMILES string of the molecule is COC(=O)c1cncc(-c2cccc(C)c2)n1. The Bertz CT molecular complexity index is 553. The van der Waals surface area contributed by atoms with E-state index in [9.17, 15) is 4.79 Å². The zero-order chi connectivity index (χ0) is 12.3. The maximum absolute atomic E-state index is 11.3. The summed E-state index contributed by atoms with van der Waals surface area (Å²) < 4.78 is 4.61. The van der Waals surface area contributed by atoms with Gasteiger partial charge in [0.2, 0.25) is 0 Å². The number of benzene rings is 1. The molecule has 17 heavy (non-hydrogen) atoms. The number of aryl methyl sites for hydroxylation is 1. The van der Waals surface area contributed by atoms with Gasteiger partial charge in [-0.1, -0.05) is 23.8 Å². The van der Waals surface area contributed by atoms with Crippen molar-refractivity contribution in [1.29, 1.82) is 0 Å². The number of rotatable bonds is 2. The molecule has 1 aromatic carbocycles. The fraction of sp³-hybridized carbons (Fsp3) is 0.154. The van der Waals surface area contributed by atoms with E-state index in [1.807, 2.05) is 31.2 Å². The van der Waals surface area contributed by atoms with Gasteiger partial charge >= 0.3 is 5.97 Å². The number of hydrogen-bond donors (Lipinski definition) is 0. The summed E-state index contributed by atoms with van der Waals surface area (Å²) in [4.78, 5) is 19.6. The van der Waals surface area contributed by atoms with E-state index in [1.165, 1.54) is 13.3 Å². The van der Waals surface area contributed by atoms with Crippen LogP contribution in [0.1, 0.15) is 16.1 Å². The van der Waals surface area contributed by atoms with E-state index in [0.29, 0.717) is 5.69 Å². The van der Waals surface area contributed by atoms with Gasteiger partial charge in [0.05, 0.1) is 25.2 Å². The van der Waals surface area contributed by atoms with Gasteiger partial charge in [0.15, 0.2) is 5.69 Å². The first-order chi connectivity index (χ1) is 8.20. The summed E-state index contributed by atoms with van der Waals surface area (Å²) in [6, 6.07) is 7.86. The Morgan fingerprint density at radius 1 is 1.29 bits per heavy atom. The Balaban J connectivity index is 2.43. The molecule has 0 unspecified atom stereocenters. The molecule has 0 N–H and O–H groups in total. The molecule has 0 bridgehead atoms.